The van der Waals surface area contributed by atoms with Gasteiger partial charge in [0.25, 0.3) is 5.97 Å². The number of carbonyl (C=O) groups is 1. The average molecular weight is 174 g/mol. The van der Waals surface area contributed by atoms with Crippen molar-refractivity contribution in [2.75, 3.05) is 6.61 Å². The van der Waals surface area contributed by atoms with Crippen LogP contribution < -0.4 is 0 Å². The standard InChI is InChI=1S/C7H14O3Si/c1-3-9-11(5-4-6-11)10-7(2)8/h3-6H2,1-2H3. The smallest absolute Gasteiger partial charge is 0.401 e. The Morgan fingerprint density at radius 2 is 2.18 bits per heavy atom. The van der Waals surface area contributed by atoms with Crippen LogP contribution in [0, 0.1) is 0 Å². The van der Waals surface area contributed by atoms with E-state index in [1.165, 1.54) is 6.92 Å². The summed E-state index contributed by atoms with van der Waals surface area (Å²) in [5.74, 6) is -0.190. The molecule has 0 amide bonds. The summed E-state index contributed by atoms with van der Waals surface area (Å²) in [6.45, 7) is 4.06. The molecule has 0 aliphatic carbocycles. The lowest BCUT2D eigenvalue weighted by Gasteiger charge is -2.36. The molecule has 1 aliphatic heterocycles. The van der Waals surface area contributed by atoms with Crippen molar-refractivity contribution < 1.29 is 13.6 Å². The van der Waals surface area contributed by atoms with Crippen LogP contribution in [0.3, 0.4) is 0 Å². The van der Waals surface area contributed by atoms with Gasteiger partial charge in [-0.1, -0.05) is 0 Å². The van der Waals surface area contributed by atoms with Crippen LogP contribution in [0.15, 0.2) is 0 Å². The summed E-state index contributed by atoms with van der Waals surface area (Å²) in [7, 11) is -1.96. The van der Waals surface area contributed by atoms with E-state index in [1.807, 2.05) is 6.92 Å². The molecule has 3 nitrogen and oxygen atoms in total. The highest BCUT2D eigenvalue weighted by atomic mass is 28.4. The van der Waals surface area contributed by atoms with Crippen LogP contribution in [0.2, 0.25) is 12.1 Å². The van der Waals surface area contributed by atoms with Crippen molar-refractivity contribution in [1.29, 1.82) is 0 Å². The lowest BCUT2D eigenvalue weighted by molar-refractivity contribution is -0.134. The van der Waals surface area contributed by atoms with Crippen LogP contribution in [-0.4, -0.2) is 21.1 Å². The minimum absolute atomic E-state index is 0.190. The van der Waals surface area contributed by atoms with E-state index in [-0.39, 0.29) is 5.97 Å². The van der Waals surface area contributed by atoms with Crippen molar-refractivity contribution in [2.24, 2.45) is 0 Å². The largest absolute Gasteiger partial charge is 0.494 e. The van der Waals surface area contributed by atoms with Crippen LogP contribution >= 0.6 is 0 Å². The molecule has 0 spiro atoms. The second-order valence-electron chi connectivity index (χ2n) is 2.79. The van der Waals surface area contributed by atoms with Gasteiger partial charge in [-0.15, -0.1) is 0 Å². The van der Waals surface area contributed by atoms with Crippen LogP contribution in [0.25, 0.3) is 0 Å². The van der Waals surface area contributed by atoms with E-state index >= 15 is 0 Å². The van der Waals surface area contributed by atoms with E-state index in [2.05, 4.69) is 0 Å². The Morgan fingerprint density at radius 3 is 2.45 bits per heavy atom. The maximum absolute atomic E-state index is 10.7. The maximum Gasteiger partial charge on any atom is 0.401 e. The molecule has 1 saturated heterocycles. The molecule has 0 aromatic carbocycles. The summed E-state index contributed by atoms with van der Waals surface area (Å²) in [4.78, 5) is 10.7. The highest BCUT2D eigenvalue weighted by molar-refractivity contribution is 6.71. The third kappa shape index (κ3) is 2.04. The van der Waals surface area contributed by atoms with Gasteiger partial charge in [0.1, 0.15) is 0 Å². The minimum atomic E-state index is -1.96. The molecule has 0 unspecified atom stereocenters. The molecule has 0 aromatic heterocycles. The molecule has 1 fully saturated rings. The Kier molecular flexibility index (Phi) is 2.67. The molecule has 1 aliphatic rings. The molecule has 0 N–H and O–H groups in total. The first-order valence-corrected chi connectivity index (χ1v) is 6.25. The van der Waals surface area contributed by atoms with E-state index < -0.39 is 8.56 Å². The second kappa shape index (κ2) is 3.36. The number of rotatable bonds is 3. The third-order valence-electron chi connectivity index (χ3n) is 1.85. The lowest BCUT2D eigenvalue weighted by Crippen LogP contribution is -2.49. The Morgan fingerprint density at radius 1 is 1.55 bits per heavy atom. The first kappa shape index (κ1) is 8.74. The van der Waals surface area contributed by atoms with Gasteiger partial charge in [0.15, 0.2) is 0 Å². The Balaban J connectivity index is 2.39. The van der Waals surface area contributed by atoms with Gasteiger partial charge < -0.3 is 8.85 Å². The molecule has 0 bridgehead atoms. The molecule has 0 atom stereocenters. The van der Waals surface area contributed by atoms with Crippen molar-refractivity contribution in [3.05, 3.63) is 0 Å². The molecule has 4 heteroatoms. The number of carbonyl (C=O) groups excluding carboxylic acids is 1. The lowest BCUT2D eigenvalue weighted by atomic mass is 10.5. The van der Waals surface area contributed by atoms with Gasteiger partial charge in [0, 0.05) is 25.6 Å². The van der Waals surface area contributed by atoms with E-state index in [0.717, 1.165) is 18.5 Å². The van der Waals surface area contributed by atoms with Crippen molar-refractivity contribution in [2.45, 2.75) is 32.4 Å². The highest BCUT2D eigenvalue weighted by Gasteiger charge is 2.47. The molecule has 11 heavy (non-hydrogen) atoms. The van der Waals surface area contributed by atoms with Gasteiger partial charge in [0.2, 0.25) is 0 Å². The summed E-state index contributed by atoms with van der Waals surface area (Å²) in [6.07, 6.45) is 1.15. The normalized spacial score (nSPS) is 20.5. The fourth-order valence-corrected chi connectivity index (χ4v) is 3.80. The predicted molar refractivity (Wildman–Crippen MR) is 43.4 cm³/mol. The van der Waals surface area contributed by atoms with Crippen molar-refractivity contribution >= 4 is 14.5 Å². The van der Waals surface area contributed by atoms with E-state index in [0.29, 0.717) is 6.61 Å². The molecular formula is C7H14O3Si. The Labute approximate surface area is 67.9 Å². The highest BCUT2D eigenvalue weighted by Crippen LogP contribution is 2.34. The van der Waals surface area contributed by atoms with Crippen molar-refractivity contribution in [3.8, 4) is 0 Å². The number of hydrogen-bond acceptors (Lipinski definition) is 3. The monoisotopic (exact) mass is 174 g/mol. The average Bonchev–Trinajstić information content (AvgIpc) is 1.82. The van der Waals surface area contributed by atoms with Gasteiger partial charge in [-0.05, 0) is 13.3 Å². The number of hydrogen-bond donors (Lipinski definition) is 0. The molecule has 1 heterocycles. The maximum atomic E-state index is 10.7. The van der Waals surface area contributed by atoms with Gasteiger partial charge in [-0.2, -0.15) is 0 Å². The summed E-state index contributed by atoms with van der Waals surface area (Å²) in [5.41, 5.74) is 0. The summed E-state index contributed by atoms with van der Waals surface area (Å²) in [6, 6.07) is 1.97. The summed E-state index contributed by atoms with van der Waals surface area (Å²) in [5, 5.41) is 0. The van der Waals surface area contributed by atoms with Crippen molar-refractivity contribution in [1.82, 2.24) is 0 Å². The zero-order chi connectivity index (χ0) is 8.32. The van der Waals surface area contributed by atoms with Crippen LogP contribution in [0.1, 0.15) is 20.3 Å². The molecular weight excluding hydrogens is 160 g/mol. The zero-order valence-electron chi connectivity index (χ0n) is 7.05. The quantitative estimate of drug-likeness (QED) is 0.607. The van der Waals surface area contributed by atoms with Gasteiger partial charge in [-0.25, -0.2) is 0 Å². The summed E-state index contributed by atoms with van der Waals surface area (Å²) >= 11 is 0. The zero-order valence-corrected chi connectivity index (χ0v) is 8.05. The third-order valence-corrected chi connectivity index (χ3v) is 5.56. The summed E-state index contributed by atoms with van der Waals surface area (Å²) < 4.78 is 10.7. The van der Waals surface area contributed by atoms with Crippen LogP contribution in [-0.2, 0) is 13.6 Å². The molecule has 0 saturated carbocycles. The minimum Gasteiger partial charge on any atom is -0.494 e. The Hall–Kier alpha value is -0.353. The fraction of sp³-hybridized carbons (Fsp3) is 0.857. The first-order valence-electron chi connectivity index (χ1n) is 4.02. The van der Waals surface area contributed by atoms with E-state index in [9.17, 15) is 4.79 Å². The first-order chi connectivity index (χ1) is 5.18. The second-order valence-corrected chi connectivity index (χ2v) is 6.11. The molecule has 1 rings (SSSR count). The van der Waals surface area contributed by atoms with Gasteiger partial charge in [-0.3, -0.25) is 4.79 Å². The predicted octanol–water partition coefficient (Wildman–Crippen LogP) is 1.43. The fourth-order valence-electron chi connectivity index (χ4n) is 1.27. The van der Waals surface area contributed by atoms with Gasteiger partial charge >= 0.3 is 8.56 Å². The van der Waals surface area contributed by atoms with Crippen LogP contribution in [0.4, 0.5) is 0 Å². The molecule has 64 valence electrons. The van der Waals surface area contributed by atoms with E-state index in [1.54, 1.807) is 0 Å². The van der Waals surface area contributed by atoms with Crippen molar-refractivity contribution in [3.63, 3.8) is 0 Å². The van der Waals surface area contributed by atoms with Crippen LogP contribution in [0.5, 0.6) is 0 Å². The van der Waals surface area contributed by atoms with E-state index in [4.69, 9.17) is 8.85 Å². The topological polar surface area (TPSA) is 35.5 Å². The SMILES string of the molecule is CCO[Si]1(OC(C)=O)CCC1. The van der Waals surface area contributed by atoms with Gasteiger partial charge in [0.05, 0.1) is 0 Å². The molecule has 0 radical (unpaired) electrons. The molecule has 0 aromatic rings. The Bertz CT molecular complexity index is 154.